The molecule has 2 rings (SSSR count). The van der Waals surface area contributed by atoms with Gasteiger partial charge in [-0.2, -0.15) is 0 Å². The molecule has 1 heterocycles. The van der Waals surface area contributed by atoms with Crippen molar-refractivity contribution in [1.29, 1.82) is 0 Å². The Morgan fingerprint density at radius 1 is 1.30 bits per heavy atom. The second-order valence-electron chi connectivity index (χ2n) is 3.89. The molecular formula is C11H8N2O7. The van der Waals surface area contributed by atoms with Crippen LogP contribution in [-0.4, -0.2) is 32.9 Å². The van der Waals surface area contributed by atoms with Gasteiger partial charge >= 0.3 is 11.7 Å². The number of phenolic OH excluding ortho intramolecular Hbond substituents is 1. The maximum atomic E-state index is 11.7. The van der Waals surface area contributed by atoms with E-state index in [1.54, 1.807) is 0 Å². The van der Waals surface area contributed by atoms with Crippen molar-refractivity contribution < 1.29 is 29.3 Å². The van der Waals surface area contributed by atoms with E-state index in [0.29, 0.717) is 5.06 Å². The number of amides is 2. The van der Waals surface area contributed by atoms with Crippen molar-refractivity contribution >= 4 is 23.5 Å². The van der Waals surface area contributed by atoms with Gasteiger partial charge in [-0.3, -0.25) is 19.7 Å². The van der Waals surface area contributed by atoms with E-state index in [0.717, 1.165) is 12.1 Å². The lowest BCUT2D eigenvalue weighted by atomic mass is 10.2. The largest absolute Gasteiger partial charge is 0.501 e. The number of phenols is 1. The van der Waals surface area contributed by atoms with Crippen molar-refractivity contribution in [3.8, 4) is 5.75 Å². The fraction of sp³-hybridized carbons (Fsp3) is 0.182. The predicted octanol–water partition coefficient (Wildman–Crippen LogP) is 0.521. The first-order valence-corrected chi connectivity index (χ1v) is 5.46. The third kappa shape index (κ3) is 2.28. The SMILES string of the molecule is O=C(ON1C(=O)CCC1=O)c1cccc([N+](=O)[O-])c1O. The Labute approximate surface area is 111 Å². The molecule has 9 nitrogen and oxygen atoms in total. The summed E-state index contributed by atoms with van der Waals surface area (Å²) in [6.07, 6.45) is -0.153. The summed E-state index contributed by atoms with van der Waals surface area (Å²) in [5, 5.41) is 20.5. The Balaban J connectivity index is 2.26. The van der Waals surface area contributed by atoms with Crippen LogP contribution in [-0.2, 0) is 14.4 Å². The molecule has 0 spiro atoms. The van der Waals surface area contributed by atoms with E-state index in [9.17, 15) is 29.6 Å². The lowest BCUT2D eigenvalue weighted by Crippen LogP contribution is -2.32. The summed E-state index contributed by atoms with van der Waals surface area (Å²) in [5.41, 5.74) is -1.19. The predicted molar refractivity (Wildman–Crippen MR) is 61.3 cm³/mol. The van der Waals surface area contributed by atoms with Gasteiger partial charge in [0.25, 0.3) is 11.8 Å². The summed E-state index contributed by atoms with van der Waals surface area (Å²) in [6.45, 7) is 0. The van der Waals surface area contributed by atoms with Crippen LogP contribution in [0.5, 0.6) is 5.75 Å². The van der Waals surface area contributed by atoms with Crippen LogP contribution >= 0.6 is 0 Å². The molecule has 0 bridgehead atoms. The summed E-state index contributed by atoms with van der Waals surface area (Å²) in [5.74, 6) is -3.49. The summed E-state index contributed by atoms with van der Waals surface area (Å²) in [7, 11) is 0. The smallest absolute Gasteiger partial charge is 0.367 e. The summed E-state index contributed by atoms with van der Waals surface area (Å²) >= 11 is 0. The van der Waals surface area contributed by atoms with Crippen LogP contribution in [0.4, 0.5) is 5.69 Å². The Kier molecular flexibility index (Phi) is 3.34. The Hall–Kier alpha value is -2.97. The Morgan fingerprint density at radius 3 is 2.45 bits per heavy atom. The molecule has 1 fully saturated rings. The molecule has 1 saturated heterocycles. The van der Waals surface area contributed by atoms with E-state index in [2.05, 4.69) is 4.84 Å². The standard InChI is InChI=1S/C11H8N2O7/c14-8-4-5-9(15)12(8)20-11(17)6-2-1-3-7(10(6)16)13(18)19/h1-3,16H,4-5H2. The van der Waals surface area contributed by atoms with Gasteiger partial charge in [-0.05, 0) is 6.07 Å². The molecular weight excluding hydrogens is 272 g/mol. The van der Waals surface area contributed by atoms with Crippen LogP contribution in [0.2, 0.25) is 0 Å². The minimum atomic E-state index is -1.23. The molecule has 0 aliphatic carbocycles. The quantitative estimate of drug-likeness (QED) is 0.485. The van der Waals surface area contributed by atoms with Crippen LogP contribution in [0.3, 0.4) is 0 Å². The molecule has 0 aromatic heterocycles. The van der Waals surface area contributed by atoms with Crippen molar-refractivity contribution in [2.24, 2.45) is 0 Å². The number of carbonyl (C=O) groups is 3. The molecule has 1 aromatic carbocycles. The number of imide groups is 1. The summed E-state index contributed by atoms with van der Waals surface area (Å²) in [6, 6.07) is 3.25. The monoisotopic (exact) mass is 280 g/mol. The molecule has 0 saturated carbocycles. The molecule has 2 amide bonds. The van der Waals surface area contributed by atoms with Gasteiger partial charge in [0.2, 0.25) is 5.75 Å². The maximum absolute atomic E-state index is 11.7. The number of hydrogen-bond acceptors (Lipinski definition) is 7. The number of nitrogens with zero attached hydrogens (tertiary/aromatic N) is 2. The number of nitro groups is 1. The normalized spacial score (nSPS) is 14.5. The topological polar surface area (TPSA) is 127 Å². The van der Waals surface area contributed by atoms with E-state index >= 15 is 0 Å². The highest BCUT2D eigenvalue weighted by Gasteiger charge is 2.34. The lowest BCUT2D eigenvalue weighted by molar-refractivity contribution is -0.385. The van der Waals surface area contributed by atoms with Gasteiger partial charge in [0.05, 0.1) is 4.92 Å². The lowest BCUT2D eigenvalue weighted by Gasteiger charge is -2.12. The van der Waals surface area contributed by atoms with E-state index in [1.165, 1.54) is 6.07 Å². The second kappa shape index (κ2) is 4.96. The molecule has 20 heavy (non-hydrogen) atoms. The number of aromatic hydroxyl groups is 1. The van der Waals surface area contributed by atoms with Gasteiger partial charge < -0.3 is 9.94 Å². The van der Waals surface area contributed by atoms with Crippen molar-refractivity contribution in [2.45, 2.75) is 12.8 Å². The molecule has 0 atom stereocenters. The number of rotatable bonds is 3. The summed E-state index contributed by atoms with van der Waals surface area (Å²) < 4.78 is 0. The van der Waals surface area contributed by atoms with Crippen LogP contribution < -0.4 is 0 Å². The van der Waals surface area contributed by atoms with E-state index in [-0.39, 0.29) is 12.8 Å². The fourth-order valence-corrected chi connectivity index (χ4v) is 1.63. The minimum Gasteiger partial charge on any atom is -0.501 e. The van der Waals surface area contributed by atoms with Gasteiger partial charge in [0, 0.05) is 18.9 Å². The van der Waals surface area contributed by atoms with Gasteiger partial charge in [-0.25, -0.2) is 4.79 Å². The van der Waals surface area contributed by atoms with Crippen molar-refractivity contribution in [3.63, 3.8) is 0 Å². The average Bonchev–Trinajstić information content (AvgIpc) is 2.70. The zero-order valence-electron chi connectivity index (χ0n) is 9.94. The molecule has 0 unspecified atom stereocenters. The Morgan fingerprint density at radius 2 is 1.90 bits per heavy atom. The van der Waals surface area contributed by atoms with Gasteiger partial charge in [-0.15, -0.1) is 5.06 Å². The first-order valence-electron chi connectivity index (χ1n) is 5.46. The third-order valence-electron chi connectivity index (χ3n) is 2.61. The van der Waals surface area contributed by atoms with Crippen molar-refractivity contribution in [3.05, 3.63) is 33.9 Å². The first kappa shape index (κ1) is 13.5. The average molecular weight is 280 g/mol. The molecule has 1 aromatic rings. The maximum Gasteiger partial charge on any atom is 0.367 e. The number of hydroxylamine groups is 2. The highest BCUT2D eigenvalue weighted by Crippen LogP contribution is 2.30. The zero-order chi connectivity index (χ0) is 14.9. The first-order chi connectivity index (χ1) is 9.41. The fourth-order valence-electron chi connectivity index (χ4n) is 1.63. The number of para-hydroxylation sites is 1. The highest BCUT2D eigenvalue weighted by atomic mass is 16.7. The highest BCUT2D eigenvalue weighted by molar-refractivity contribution is 6.03. The number of carbonyl (C=O) groups excluding carboxylic acids is 3. The van der Waals surface area contributed by atoms with E-state index < -0.39 is 39.7 Å². The summed E-state index contributed by atoms with van der Waals surface area (Å²) in [4.78, 5) is 48.6. The number of benzene rings is 1. The van der Waals surface area contributed by atoms with Crippen LogP contribution in [0, 0.1) is 10.1 Å². The van der Waals surface area contributed by atoms with Crippen LogP contribution in [0.25, 0.3) is 0 Å². The van der Waals surface area contributed by atoms with E-state index in [1.807, 2.05) is 0 Å². The van der Waals surface area contributed by atoms with Crippen LogP contribution in [0.1, 0.15) is 23.2 Å². The molecule has 1 N–H and O–H groups in total. The van der Waals surface area contributed by atoms with Crippen LogP contribution in [0.15, 0.2) is 18.2 Å². The Bertz CT molecular complexity index is 609. The van der Waals surface area contributed by atoms with Gasteiger partial charge in [0.1, 0.15) is 5.56 Å². The number of nitro benzene ring substituents is 1. The molecule has 104 valence electrons. The molecule has 1 aliphatic rings. The van der Waals surface area contributed by atoms with Gasteiger partial charge in [0.15, 0.2) is 0 Å². The third-order valence-corrected chi connectivity index (χ3v) is 2.61. The molecule has 0 radical (unpaired) electrons. The molecule has 1 aliphatic heterocycles. The van der Waals surface area contributed by atoms with E-state index in [4.69, 9.17) is 0 Å². The number of hydrogen-bond donors (Lipinski definition) is 1. The second-order valence-corrected chi connectivity index (χ2v) is 3.89. The van der Waals surface area contributed by atoms with Crippen molar-refractivity contribution in [1.82, 2.24) is 5.06 Å². The zero-order valence-corrected chi connectivity index (χ0v) is 9.94. The molecule has 9 heteroatoms. The van der Waals surface area contributed by atoms with Gasteiger partial charge in [-0.1, -0.05) is 6.07 Å². The van der Waals surface area contributed by atoms with Crippen molar-refractivity contribution in [2.75, 3.05) is 0 Å². The minimum absolute atomic E-state index is 0.0764.